The summed E-state index contributed by atoms with van der Waals surface area (Å²) < 4.78 is 44.0. The lowest BCUT2D eigenvalue weighted by atomic mass is 9.93. The van der Waals surface area contributed by atoms with Crippen molar-refractivity contribution in [1.29, 1.82) is 0 Å². The van der Waals surface area contributed by atoms with Crippen molar-refractivity contribution < 1.29 is 27.5 Å². The fourth-order valence-corrected chi connectivity index (χ4v) is 5.51. The first-order valence-corrected chi connectivity index (χ1v) is 13.0. The Morgan fingerprint density at radius 2 is 1.81 bits per heavy atom. The highest BCUT2D eigenvalue weighted by atomic mass is 35.5. The summed E-state index contributed by atoms with van der Waals surface area (Å²) in [6, 6.07) is 13.1. The zero-order valence-corrected chi connectivity index (χ0v) is 21.7. The van der Waals surface area contributed by atoms with Crippen LogP contribution in [0.2, 0.25) is 5.02 Å². The number of ether oxygens (including phenoxy) is 1. The molecule has 1 aliphatic heterocycles. The van der Waals surface area contributed by atoms with Crippen LogP contribution in [0.5, 0.6) is 0 Å². The van der Waals surface area contributed by atoms with Crippen LogP contribution < -0.4 is 0 Å². The number of hydrogen-bond acceptors (Lipinski definition) is 4. The highest BCUT2D eigenvalue weighted by Gasteiger charge is 2.34. The van der Waals surface area contributed by atoms with Gasteiger partial charge in [0.15, 0.2) is 0 Å². The molecule has 0 radical (unpaired) electrons. The lowest BCUT2D eigenvalue weighted by Crippen LogP contribution is -2.47. The highest BCUT2D eigenvalue weighted by Crippen LogP contribution is 2.38. The van der Waals surface area contributed by atoms with Gasteiger partial charge in [0.25, 0.3) is 5.91 Å². The quantitative estimate of drug-likeness (QED) is 0.320. The maximum atomic E-state index is 13.7. The molecule has 196 valence electrons. The molecule has 2 heterocycles. The number of amides is 2. The summed E-state index contributed by atoms with van der Waals surface area (Å²) >= 11 is 7.74. The molecule has 0 fully saturated rings. The number of nitrogens with zero attached hydrogens (tertiary/aromatic N) is 2. The van der Waals surface area contributed by atoms with Gasteiger partial charge >= 0.3 is 6.18 Å². The van der Waals surface area contributed by atoms with E-state index >= 15 is 0 Å². The molecule has 4 rings (SSSR count). The predicted octanol–water partition coefficient (Wildman–Crippen LogP) is 6.07. The summed E-state index contributed by atoms with van der Waals surface area (Å²) in [7, 11) is 1.54. The minimum Gasteiger partial charge on any atom is -0.385 e. The van der Waals surface area contributed by atoms with E-state index in [-0.39, 0.29) is 30.6 Å². The molecule has 0 bridgehead atoms. The standard InChI is InChI=1S/C27H26ClF3N2O3S/c1-36-15-2-13-32(26(35)19-3-7-20(8-4-19)27(29,30)31)17-24(34)33-14-11-23-22(12-16-37-23)25(33)18-5-9-21(28)10-6-18/h3-10,12,16,25H,2,11,13-15,17H2,1H3. The largest absolute Gasteiger partial charge is 0.416 e. The van der Waals surface area contributed by atoms with E-state index in [1.165, 1.54) is 16.9 Å². The molecule has 10 heteroatoms. The maximum absolute atomic E-state index is 13.7. The van der Waals surface area contributed by atoms with Crippen molar-refractivity contribution >= 4 is 34.8 Å². The second-order valence-corrected chi connectivity index (χ2v) is 10.2. The Balaban J connectivity index is 1.58. The van der Waals surface area contributed by atoms with Gasteiger partial charge in [-0.05, 0) is 71.8 Å². The van der Waals surface area contributed by atoms with Crippen LogP contribution >= 0.6 is 22.9 Å². The van der Waals surface area contributed by atoms with Crippen molar-refractivity contribution in [3.63, 3.8) is 0 Å². The van der Waals surface area contributed by atoms with E-state index < -0.39 is 17.6 Å². The van der Waals surface area contributed by atoms with E-state index in [4.69, 9.17) is 16.3 Å². The summed E-state index contributed by atoms with van der Waals surface area (Å²) in [5.41, 5.74) is 1.21. The van der Waals surface area contributed by atoms with Crippen molar-refractivity contribution in [2.45, 2.75) is 25.1 Å². The molecule has 2 amide bonds. The normalized spacial score (nSPS) is 15.4. The lowest BCUT2D eigenvalue weighted by molar-refractivity contribution is -0.137. The molecule has 0 saturated carbocycles. The van der Waals surface area contributed by atoms with Gasteiger partial charge in [0.05, 0.1) is 11.6 Å². The Morgan fingerprint density at radius 3 is 2.46 bits per heavy atom. The second-order valence-electron chi connectivity index (χ2n) is 8.74. The Labute approximate surface area is 222 Å². The monoisotopic (exact) mass is 550 g/mol. The van der Waals surface area contributed by atoms with Gasteiger partial charge in [-0.2, -0.15) is 13.2 Å². The number of carbonyl (C=O) groups excluding carboxylic acids is 2. The highest BCUT2D eigenvalue weighted by molar-refractivity contribution is 7.10. The summed E-state index contributed by atoms with van der Waals surface area (Å²) in [5.74, 6) is -0.746. The number of fused-ring (bicyclic) bond motifs is 1. The second kappa shape index (κ2) is 11.7. The van der Waals surface area contributed by atoms with E-state index in [0.29, 0.717) is 31.0 Å². The Kier molecular flexibility index (Phi) is 8.56. The lowest BCUT2D eigenvalue weighted by Gasteiger charge is -2.37. The molecule has 37 heavy (non-hydrogen) atoms. The topological polar surface area (TPSA) is 49.9 Å². The minimum absolute atomic E-state index is 0.0891. The number of halogens is 4. The van der Waals surface area contributed by atoms with Gasteiger partial charge in [0, 0.05) is 42.3 Å². The number of methoxy groups -OCH3 is 1. The Hall–Kier alpha value is -2.88. The van der Waals surface area contributed by atoms with Crippen LogP contribution in [-0.2, 0) is 22.1 Å². The first-order chi connectivity index (χ1) is 17.7. The molecule has 1 unspecified atom stereocenters. The van der Waals surface area contributed by atoms with Crippen molar-refractivity contribution in [2.24, 2.45) is 0 Å². The smallest absolute Gasteiger partial charge is 0.385 e. The molecule has 3 aromatic rings. The summed E-state index contributed by atoms with van der Waals surface area (Å²) in [6.07, 6.45) is -3.31. The van der Waals surface area contributed by atoms with E-state index in [2.05, 4.69) is 0 Å². The van der Waals surface area contributed by atoms with Gasteiger partial charge < -0.3 is 14.5 Å². The fourth-order valence-electron chi connectivity index (χ4n) is 4.48. The molecule has 1 aromatic heterocycles. The number of benzene rings is 2. The molecule has 5 nitrogen and oxygen atoms in total. The molecular formula is C27H26ClF3N2O3S. The van der Waals surface area contributed by atoms with Gasteiger partial charge in [-0.25, -0.2) is 0 Å². The number of hydrogen-bond donors (Lipinski definition) is 0. The van der Waals surface area contributed by atoms with Crippen LogP contribution in [0.4, 0.5) is 13.2 Å². The molecule has 0 spiro atoms. The zero-order chi connectivity index (χ0) is 26.6. The molecule has 2 aromatic carbocycles. The summed E-state index contributed by atoms with van der Waals surface area (Å²) in [6.45, 7) is 0.885. The van der Waals surface area contributed by atoms with Gasteiger partial charge in [0.1, 0.15) is 6.54 Å². The first kappa shape index (κ1) is 27.2. The zero-order valence-electron chi connectivity index (χ0n) is 20.1. The van der Waals surface area contributed by atoms with E-state index in [9.17, 15) is 22.8 Å². The van der Waals surface area contributed by atoms with E-state index in [1.54, 1.807) is 28.4 Å². The minimum atomic E-state index is -4.50. The third kappa shape index (κ3) is 6.34. The van der Waals surface area contributed by atoms with Crippen LogP contribution in [0.25, 0.3) is 0 Å². The molecule has 0 N–H and O–H groups in total. The van der Waals surface area contributed by atoms with Crippen molar-refractivity contribution in [3.05, 3.63) is 92.1 Å². The number of carbonyl (C=O) groups is 2. The van der Waals surface area contributed by atoms with Crippen molar-refractivity contribution in [3.8, 4) is 0 Å². The van der Waals surface area contributed by atoms with Crippen LogP contribution in [-0.4, -0.2) is 55.0 Å². The Bertz CT molecular complexity index is 1230. The number of alkyl halides is 3. The average molecular weight is 551 g/mol. The molecule has 1 atom stereocenters. The van der Waals surface area contributed by atoms with E-state index in [0.717, 1.165) is 35.4 Å². The fraction of sp³-hybridized carbons (Fsp3) is 0.333. The summed E-state index contributed by atoms with van der Waals surface area (Å²) in [4.78, 5) is 31.3. The molecule has 0 aliphatic carbocycles. The van der Waals surface area contributed by atoms with E-state index in [1.807, 2.05) is 23.6 Å². The third-order valence-electron chi connectivity index (χ3n) is 6.32. The molecule has 1 aliphatic rings. The number of thiophene rings is 1. The number of rotatable bonds is 8. The maximum Gasteiger partial charge on any atom is 0.416 e. The van der Waals surface area contributed by atoms with Crippen LogP contribution in [0.1, 0.15) is 44.4 Å². The Morgan fingerprint density at radius 1 is 1.11 bits per heavy atom. The predicted molar refractivity (Wildman–Crippen MR) is 137 cm³/mol. The molecular weight excluding hydrogens is 525 g/mol. The SMILES string of the molecule is COCCCN(CC(=O)N1CCc2sccc2C1c1ccc(Cl)cc1)C(=O)c1ccc(C(F)(F)F)cc1. The van der Waals surface area contributed by atoms with Gasteiger partial charge in [-0.1, -0.05) is 23.7 Å². The molecule has 0 saturated heterocycles. The third-order valence-corrected chi connectivity index (χ3v) is 7.57. The van der Waals surface area contributed by atoms with Crippen molar-refractivity contribution in [2.75, 3.05) is 33.4 Å². The average Bonchev–Trinajstić information content (AvgIpc) is 3.36. The van der Waals surface area contributed by atoms with Crippen LogP contribution in [0, 0.1) is 0 Å². The van der Waals surface area contributed by atoms with Crippen LogP contribution in [0.15, 0.2) is 60.0 Å². The van der Waals surface area contributed by atoms with Gasteiger partial charge in [0.2, 0.25) is 5.91 Å². The summed E-state index contributed by atoms with van der Waals surface area (Å²) in [5, 5.41) is 2.60. The van der Waals surface area contributed by atoms with Gasteiger partial charge in [-0.15, -0.1) is 11.3 Å². The first-order valence-electron chi connectivity index (χ1n) is 11.8. The van der Waals surface area contributed by atoms with Gasteiger partial charge in [-0.3, -0.25) is 9.59 Å². The van der Waals surface area contributed by atoms with Crippen molar-refractivity contribution in [1.82, 2.24) is 9.80 Å². The van der Waals surface area contributed by atoms with Crippen LogP contribution in [0.3, 0.4) is 0 Å².